The third-order valence-corrected chi connectivity index (χ3v) is 20.9. The first-order valence-electron chi connectivity index (χ1n) is 37.2. The van der Waals surface area contributed by atoms with Crippen molar-refractivity contribution in [2.75, 3.05) is 109 Å². The zero-order chi connectivity index (χ0) is 81.5. The average Bonchev–Trinajstić information content (AvgIpc) is 1.65. The Kier molecular flexibility index (Phi) is 23.6. The van der Waals surface area contributed by atoms with Crippen LogP contribution in [0.1, 0.15) is 48.5 Å². The van der Waals surface area contributed by atoms with E-state index in [-0.39, 0.29) is 53.3 Å². The number of methoxy groups -OCH3 is 2. The van der Waals surface area contributed by atoms with Crippen LogP contribution in [0.5, 0.6) is 11.5 Å². The Labute approximate surface area is 662 Å². The molecule has 29 heteroatoms. The lowest BCUT2D eigenvalue weighted by Gasteiger charge is -2.17. The topological polar surface area (TPSA) is 330 Å². The summed E-state index contributed by atoms with van der Waals surface area (Å²) in [5.41, 5.74) is 38.7. The first-order chi connectivity index (χ1) is 55.5. The van der Waals surface area contributed by atoms with Crippen LogP contribution in [0.3, 0.4) is 0 Å². The van der Waals surface area contributed by atoms with Crippen LogP contribution in [0.2, 0.25) is 0 Å². The number of aromatic nitrogens is 12. The number of fused-ring (bicyclic) bond motifs is 4. The molecule has 3 atom stereocenters. The van der Waals surface area contributed by atoms with Crippen LogP contribution in [-0.4, -0.2) is 183 Å². The van der Waals surface area contributed by atoms with Gasteiger partial charge in [-0.15, -0.1) is 0 Å². The van der Waals surface area contributed by atoms with Crippen LogP contribution in [-0.2, 0) is 19.2 Å². The minimum Gasteiger partial charge on any atom is -0.496 e. The summed E-state index contributed by atoms with van der Waals surface area (Å²) in [4.78, 5) is 91.9. The van der Waals surface area contributed by atoms with Gasteiger partial charge in [0, 0.05) is 117 Å². The molecule has 16 rings (SSSR count). The van der Waals surface area contributed by atoms with Crippen LogP contribution in [0.4, 0.5) is 37.7 Å². The number of carbonyl (C=O) groups excluding carboxylic acids is 4. The molecule has 3 saturated heterocycles. The fourth-order valence-electron chi connectivity index (χ4n) is 14.8. The number of nitrogens with two attached hydrogens (primary N) is 4. The van der Waals surface area contributed by atoms with E-state index in [1.165, 1.54) is 74.4 Å². The molecule has 8 N–H and O–H groups in total. The van der Waals surface area contributed by atoms with Crippen molar-refractivity contribution in [3.05, 3.63) is 232 Å². The second kappa shape index (κ2) is 34.3. The fraction of sp³-hybridized carbons (Fsp3) is 0.233. The van der Waals surface area contributed by atoms with Gasteiger partial charge in [0.05, 0.1) is 53.9 Å². The van der Waals surface area contributed by atoms with Crippen LogP contribution >= 0.6 is 0 Å². The van der Waals surface area contributed by atoms with Crippen molar-refractivity contribution >= 4 is 96.7 Å². The molecule has 13 aromatic rings. The average molecular weight is 1550 g/mol. The van der Waals surface area contributed by atoms with E-state index in [1.807, 2.05) is 112 Å². The summed E-state index contributed by atoms with van der Waals surface area (Å²) in [6, 6.07) is 33.3. The molecule has 11 heterocycles. The van der Waals surface area contributed by atoms with E-state index in [9.17, 15) is 28.0 Å². The molecule has 0 radical (unpaired) electrons. The SMILES string of the molecule is C=CC(=O)N1CC[C@@H](n2cc(-c3ccc(C)cc3)c3c(N)ncnc32)C1.C=CC(=O)N1CC[C@@H](n2cc(-c3ccc(F)c(OC)c3)c3c(N)ncnc32)C1.C=CC(=O)N1CC[C@@H](n2cc(-c3ccc(F)cc3)c3c(N)ncnc32)C1.COc1cc(-c2cn(-c3cccc(N(C)C(=O)/C=C/CN(C)C)c3)c3ncnc(N)c23)ccc1C. The van der Waals surface area contributed by atoms with E-state index in [0.29, 0.717) is 79.2 Å². The molecular formula is C86H89F2N21O6. The second-order valence-electron chi connectivity index (χ2n) is 28.4. The van der Waals surface area contributed by atoms with Crippen LogP contribution in [0.15, 0.2) is 209 Å². The summed E-state index contributed by atoms with van der Waals surface area (Å²) in [6.07, 6.45) is 23.8. The normalized spacial score (nSPS) is 15.2. The van der Waals surface area contributed by atoms with Crippen LogP contribution < -0.4 is 37.3 Å². The molecule has 5 aromatic carbocycles. The molecule has 115 heavy (non-hydrogen) atoms. The van der Waals surface area contributed by atoms with Gasteiger partial charge in [-0.2, -0.15) is 0 Å². The number of halogens is 2. The number of anilines is 5. The first-order valence-corrected chi connectivity index (χ1v) is 37.2. The van der Waals surface area contributed by atoms with Crippen molar-refractivity contribution in [1.82, 2.24) is 77.7 Å². The summed E-state index contributed by atoms with van der Waals surface area (Å²) in [6.45, 7) is 19.3. The Morgan fingerprint density at radius 2 is 0.896 bits per heavy atom. The van der Waals surface area contributed by atoms with Crippen molar-refractivity contribution in [3.8, 4) is 61.7 Å². The number of likely N-dealkylation sites (N-methyl/N-ethyl adjacent to an activating group) is 2. The summed E-state index contributed by atoms with van der Waals surface area (Å²) in [5, 5.41) is 3.07. The van der Waals surface area contributed by atoms with Gasteiger partial charge < -0.3 is 75.2 Å². The number of benzene rings is 5. The van der Waals surface area contributed by atoms with Gasteiger partial charge in [0.15, 0.2) is 17.2 Å². The standard InChI is InChI=1S/C27H30N6O2.C20H20FN5O2.C20H21N5O.C19H18FN5O/c1-18-11-12-19(14-23(18)35-5)22-16-33(27-25(22)26(28)29-17-30-27)21-9-6-8-20(15-21)32(4)24(34)10-7-13-31(2)3;1-3-17(27)25-7-6-13(9-25)26-10-14(18-19(22)23-11-24-20(18)26)12-4-5-15(21)16(8-12)28-2;1-3-17(26)24-9-8-15(10-24)25-11-16(14-6-4-13(2)5-7-14)18-19(21)22-12-23-20(18)25;1-2-16(26)24-8-7-14(9-24)25-10-15(12-3-5-13(20)6-4-12)17-18(21)22-11-23-19(17)25/h6-12,14-17H,13H2,1-5H3,(H2,28,29,30);3-5,8,10-11,13H,1,6-7,9H2,2H3,(H2,22,23,24);3-7,11-12,15H,1,8-10H2,2H3,(H2,21,22,23);2-6,10-11,14H,1,7-9H2,(H2,21,22,23)/b10-7+;;;/t;13-;15-;14-/m.111/s1. The van der Waals surface area contributed by atoms with Gasteiger partial charge >= 0.3 is 0 Å². The highest BCUT2D eigenvalue weighted by molar-refractivity contribution is 6.05. The number of hydrogen-bond acceptors (Lipinski definition) is 19. The quantitative estimate of drug-likeness (QED) is 0.0615. The molecule has 27 nitrogen and oxygen atoms in total. The maximum atomic E-state index is 13.9. The molecule has 3 fully saturated rings. The number of carbonyl (C=O) groups is 4. The molecule has 8 aromatic heterocycles. The number of rotatable bonds is 17. The highest BCUT2D eigenvalue weighted by atomic mass is 19.1. The Morgan fingerprint density at radius 3 is 1.34 bits per heavy atom. The summed E-state index contributed by atoms with van der Waals surface area (Å²) < 4.78 is 46.0. The van der Waals surface area contributed by atoms with Crippen molar-refractivity contribution in [2.45, 2.75) is 51.2 Å². The second-order valence-corrected chi connectivity index (χ2v) is 28.4. The van der Waals surface area contributed by atoms with Crippen LogP contribution in [0.25, 0.3) is 94.3 Å². The van der Waals surface area contributed by atoms with Crippen LogP contribution in [0, 0.1) is 25.5 Å². The molecule has 0 saturated carbocycles. The molecule has 588 valence electrons. The summed E-state index contributed by atoms with van der Waals surface area (Å²) in [5.74, 6) is 1.53. The molecule has 0 aliphatic carbocycles. The highest BCUT2D eigenvalue weighted by Crippen LogP contribution is 2.42. The number of nitrogens with zero attached hydrogens (tertiary/aromatic N) is 17. The Morgan fingerprint density at radius 1 is 0.496 bits per heavy atom. The maximum Gasteiger partial charge on any atom is 0.250 e. The monoisotopic (exact) mass is 1550 g/mol. The molecule has 4 amide bonds. The Hall–Kier alpha value is -14.0. The smallest absolute Gasteiger partial charge is 0.250 e. The van der Waals surface area contributed by atoms with E-state index >= 15 is 0 Å². The highest BCUT2D eigenvalue weighted by Gasteiger charge is 2.33. The van der Waals surface area contributed by atoms with Gasteiger partial charge in [-0.1, -0.05) is 92.0 Å². The molecule has 0 bridgehead atoms. The molecule has 0 spiro atoms. The van der Waals surface area contributed by atoms with Crippen molar-refractivity contribution in [2.24, 2.45) is 0 Å². The maximum absolute atomic E-state index is 13.9. The number of amides is 4. The third-order valence-electron chi connectivity index (χ3n) is 20.9. The minimum absolute atomic E-state index is 0.0307. The van der Waals surface area contributed by atoms with E-state index in [0.717, 1.165) is 120 Å². The Bertz CT molecular complexity index is 5730. The molecule has 0 unspecified atom stereocenters. The van der Waals surface area contributed by atoms with Crippen molar-refractivity contribution < 1.29 is 37.4 Å². The lowest BCUT2D eigenvalue weighted by molar-refractivity contribution is -0.125. The van der Waals surface area contributed by atoms with Gasteiger partial charge in [-0.25, -0.2) is 48.7 Å². The van der Waals surface area contributed by atoms with E-state index < -0.39 is 5.82 Å². The summed E-state index contributed by atoms with van der Waals surface area (Å²) >= 11 is 0. The van der Waals surface area contributed by atoms with E-state index in [1.54, 1.807) is 59.2 Å². The molecule has 3 aliphatic heterocycles. The van der Waals surface area contributed by atoms with Crippen molar-refractivity contribution in [1.29, 1.82) is 0 Å². The van der Waals surface area contributed by atoms with Gasteiger partial charge in [0.25, 0.3) is 0 Å². The lowest BCUT2D eigenvalue weighted by Crippen LogP contribution is -2.27. The minimum atomic E-state index is -0.436. The predicted molar refractivity (Wildman–Crippen MR) is 446 cm³/mol. The third kappa shape index (κ3) is 16.6. The number of likely N-dealkylation sites (tertiary alicyclic amines) is 3. The van der Waals surface area contributed by atoms with E-state index in [4.69, 9.17) is 32.4 Å². The van der Waals surface area contributed by atoms with Gasteiger partial charge in [0.2, 0.25) is 23.6 Å². The zero-order valence-electron chi connectivity index (χ0n) is 64.9. The van der Waals surface area contributed by atoms with E-state index in [2.05, 4.69) is 102 Å². The van der Waals surface area contributed by atoms with Gasteiger partial charge in [-0.05, 0) is 142 Å². The zero-order valence-corrected chi connectivity index (χ0v) is 64.9. The predicted octanol–water partition coefficient (Wildman–Crippen LogP) is 12.6. The Balaban J connectivity index is 0.000000135. The number of ether oxygens (including phenoxy) is 2. The summed E-state index contributed by atoms with van der Waals surface area (Å²) in [7, 11) is 8.76. The largest absolute Gasteiger partial charge is 0.496 e. The number of hydrogen-bond donors (Lipinski definition) is 4. The first kappa shape index (κ1) is 79.1. The van der Waals surface area contributed by atoms with Gasteiger partial charge in [0.1, 0.15) is 77.1 Å². The van der Waals surface area contributed by atoms with Crippen molar-refractivity contribution in [3.63, 3.8) is 0 Å². The number of nitrogen functional groups attached to an aromatic ring is 4. The number of aryl methyl sites for hydroxylation is 2. The van der Waals surface area contributed by atoms with Gasteiger partial charge in [-0.3, -0.25) is 19.2 Å². The fourth-order valence-corrected chi connectivity index (χ4v) is 14.8. The lowest BCUT2D eigenvalue weighted by atomic mass is 10.0. The molecular weight excluding hydrogens is 1460 g/mol. The molecule has 3 aliphatic rings.